The molecule has 10 nitrogen and oxygen atoms in total. The minimum Gasteiger partial charge on any atom is -0.481 e. The van der Waals surface area contributed by atoms with Gasteiger partial charge in [0.2, 0.25) is 5.88 Å². The number of methoxy groups -OCH3 is 1. The molecule has 2 N–H and O–H groups in total. The Morgan fingerprint density at radius 2 is 2.25 bits per heavy atom. The van der Waals surface area contributed by atoms with Crippen molar-refractivity contribution in [2.45, 2.75) is 19.1 Å². The number of halogens is 2. The molecule has 12 heteroatoms. The number of morpholine rings is 1. The molecule has 1 saturated heterocycles. The van der Waals surface area contributed by atoms with E-state index < -0.39 is 0 Å². The molecule has 3 aromatic rings. The van der Waals surface area contributed by atoms with Crippen molar-refractivity contribution in [1.82, 2.24) is 25.2 Å². The Kier molecular flexibility index (Phi) is 7.42. The number of amides is 1. The number of aromatic nitrogens is 3. The van der Waals surface area contributed by atoms with E-state index in [1.54, 1.807) is 18.2 Å². The summed E-state index contributed by atoms with van der Waals surface area (Å²) < 4.78 is 31.1. The van der Waals surface area contributed by atoms with Crippen molar-refractivity contribution in [3.63, 3.8) is 0 Å². The Bertz CT molecular complexity index is 1280. The summed E-state index contributed by atoms with van der Waals surface area (Å²) in [6, 6.07) is 5.16. The van der Waals surface area contributed by atoms with E-state index in [0.29, 0.717) is 84.0 Å². The van der Waals surface area contributed by atoms with Gasteiger partial charge in [-0.3, -0.25) is 14.7 Å². The fourth-order valence-electron chi connectivity index (χ4n) is 4.30. The molecular weight excluding hydrogens is 491 g/mol. The Labute approximate surface area is 212 Å². The molecule has 1 atom stereocenters. The lowest BCUT2D eigenvalue weighted by Crippen LogP contribution is -2.47. The van der Waals surface area contributed by atoms with Crippen molar-refractivity contribution >= 4 is 34.4 Å². The predicted molar refractivity (Wildman–Crippen MR) is 131 cm³/mol. The molecule has 5 heterocycles. The monoisotopic (exact) mass is 516 g/mol. The first-order chi connectivity index (χ1) is 17.5. The van der Waals surface area contributed by atoms with Crippen LogP contribution in [0.3, 0.4) is 0 Å². The van der Waals surface area contributed by atoms with Crippen LogP contribution in [0.2, 0.25) is 5.02 Å². The van der Waals surface area contributed by atoms with E-state index in [1.807, 2.05) is 0 Å². The van der Waals surface area contributed by atoms with E-state index in [4.69, 9.17) is 25.8 Å². The number of carbonyl (C=O) groups excluding carboxylic acids is 1. The van der Waals surface area contributed by atoms with Gasteiger partial charge in [-0.2, -0.15) is 0 Å². The lowest BCUT2D eigenvalue weighted by molar-refractivity contribution is -0.118. The number of nitrogens with one attached hydrogen (secondary N) is 2. The molecule has 1 amide bonds. The smallest absolute Gasteiger partial charge is 0.263 e. The predicted octanol–water partition coefficient (Wildman–Crippen LogP) is 2.19. The van der Waals surface area contributed by atoms with Gasteiger partial charge in [-0.25, -0.2) is 14.4 Å². The molecule has 0 aliphatic carbocycles. The normalized spacial score (nSPS) is 18.0. The van der Waals surface area contributed by atoms with Crippen LogP contribution in [-0.4, -0.2) is 78.4 Å². The van der Waals surface area contributed by atoms with Gasteiger partial charge in [0.1, 0.15) is 5.82 Å². The van der Waals surface area contributed by atoms with E-state index in [1.165, 1.54) is 13.3 Å². The topological polar surface area (TPSA) is 111 Å². The molecule has 2 aliphatic heterocycles. The molecule has 1 fully saturated rings. The van der Waals surface area contributed by atoms with Crippen molar-refractivity contribution < 1.29 is 23.4 Å². The number of anilines is 1. The summed E-state index contributed by atoms with van der Waals surface area (Å²) in [6.45, 7) is 3.64. The Morgan fingerprint density at radius 3 is 3.11 bits per heavy atom. The molecule has 2 aliphatic rings. The van der Waals surface area contributed by atoms with Gasteiger partial charge in [-0.1, -0.05) is 11.6 Å². The minimum atomic E-state index is -0.370. The van der Waals surface area contributed by atoms with Crippen LogP contribution in [0.1, 0.15) is 11.3 Å². The number of pyridine rings is 3. The average Bonchev–Trinajstić information content (AvgIpc) is 2.88. The number of rotatable bonds is 8. The molecule has 0 saturated carbocycles. The van der Waals surface area contributed by atoms with E-state index in [2.05, 4.69) is 30.5 Å². The highest BCUT2D eigenvalue weighted by atomic mass is 35.5. The zero-order valence-electron chi connectivity index (χ0n) is 19.7. The van der Waals surface area contributed by atoms with E-state index in [9.17, 15) is 9.18 Å². The molecule has 0 aromatic carbocycles. The highest BCUT2D eigenvalue weighted by Gasteiger charge is 2.23. The Morgan fingerprint density at radius 1 is 1.36 bits per heavy atom. The van der Waals surface area contributed by atoms with Crippen LogP contribution >= 0.6 is 11.6 Å². The van der Waals surface area contributed by atoms with Crippen LogP contribution in [0.15, 0.2) is 24.4 Å². The van der Waals surface area contributed by atoms with Gasteiger partial charge in [0.15, 0.2) is 18.2 Å². The van der Waals surface area contributed by atoms with Crippen LogP contribution in [-0.2, 0) is 22.5 Å². The highest BCUT2D eigenvalue weighted by Crippen LogP contribution is 2.30. The Balaban J connectivity index is 1.16. The van der Waals surface area contributed by atoms with E-state index in [0.717, 1.165) is 6.54 Å². The molecule has 0 unspecified atom stereocenters. The number of hydrogen-bond donors (Lipinski definition) is 2. The quantitative estimate of drug-likeness (QED) is 0.465. The fourth-order valence-corrected chi connectivity index (χ4v) is 4.51. The van der Waals surface area contributed by atoms with Gasteiger partial charge in [-0.15, -0.1) is 0 Å². The summed E-state index contributed by atoms with van der Waals surface area (Å²) in [6.07, 6.45) is 1.69. The third-order valence-corrected chi connectivity index (χ3v) is 6.47. The fraction of sp³-hybridized carbons (Fsp3) is 0.417. The molecule has 0 bridgehead atoms. The van der Waals surface area contributed by atoms with Gasteiger partial charge in [-0.05, 0) is 12.5 Å². The maximum atomic E-state index is 14.6. The summed E-state index contributed by atoms with van der Waals surface area (Å²) in [7, 11) is 1.53. The van der Waals surface area contributed by atoms with Crippen LogP contribution < -0.4 is 20.1 Å². The molecule has 36 heavy (non-hydrogen) atoms. The maximum Gasteiger partial charge on any atom is 0.263 e. The van der Waals surface area contributed by atoms with Crippen molar-refractivity contribution in [3.8, 4) is 11.6 Å². The lowest BCUT2D eigenvalue weighted by Gasteiger charge is -2.33. The van der Waals surface area contributed by atoms with Gasteiger partial charge in [0.05, 0.1) is 47.8 Å². The average molecular weight is 517 g/mol. The second-order valence-electron chi connectivity index (χ2n) is 8.58. The molecule has 190 valence electrons. The van der Waals surface area contributed by atoms with E-state index >= 15 is 0 Å². The number of fused-ring (bicyclic) bond motifs is 2. The number of nitrogens with zero attached hydrogens (tertiary/aromatic N) is 4. The van der Waals surface area contributed by atoms with Crippen LogP contribution in [0.25, 0.3) is 11.0 Å². The van der Waals surface area contributed by atoms with Crippen LogP contribution in [0, 0.1) is 5.82 Å². The van der Waals surface area contributed by atoms with Crippen molar-refractivity contribution in [1.29, 1.82) is 0 Å². The molecule has 0 radical (unpaired) electrons. The lowest BCUT2D eigenvalue weighted by atomic mass is 10.1. The van der Waals surface area contributed by atoms with Gasteiger partial charge in [0.25, 0.3) is 5.91 Å². The standard InChI is InChI=1S/C24H26ClFN6O4/c1-34-22-3-2-18-23(31-22)15(17(26)10-28-18)4-5-32-6-7-35-14(12-32)9-27-11-19-16(25)8-20-24(29-19)30-21(33)13-36-20/h2-3,8,10,14,27H,4-7,9,11-13H2,1H3,(H,29,30,33)/t14-/m0/s1. The van der Waals surface area contributed by atoms with E-state index in [-0.39, 0.29) is 24.4 Å². The van der Waals surface area contributed by atoms with Crippen LogP contribution in [0.4, 0.5) is 10.2 Å². The third kappa shape index (κ3) is 5.49. The summed E-state index contributed by atoms with van der Waals surface area (Å²) in [5.74, 6) is 0.640. The summed E-state index contributed by atoms with van der Waals surface area (Å²) in [5, 5.41) is 6.47. The molecule has 3 aromatic heterocycles. The first-order valence-electron chi connectivity index (χ1n) is 11.6. The summed E-state index contributed by atoms with van der Waals surface area (Å²) >= 11 is 6.33. The number of ether oxygens (including phenoxy) is 3. The number of carbonyl (C=O) groups is 1. The third-order valence-electron chi connectivity index (χ3n) is 6.14. The van der Waals surface area contributed by atoms with Crippen molar-refractivity contribution in [2.24, 2.45) is 0 Å². The highest BCUT2D eigenvalue weighted by molar-refractivity contribution is 6.31. The van der Waals surface area contributed by atoms with Crippen LogP contribution in [0.5, 0.6) is 11.6 Å². The summed E-state index contributed by atoms with van der Waals surface area (Å²) in [4.78, 5) is 26.8. The zero-order valence-corrected chi connectivity index (χ0v) is 20.5. The molecule has 0 spiro atoms. The van der Waals surface area contributed by atoms with Gasteiger partial charge < -0.3 is 24.8 Å². The van der Waals surface area contributed by atoms with Crippen molar-refractivity contribution in [3.05, 3.63) is 46.5 Å². The van der Waals surface area contributed by atoms with Crippen molar-refractivity contribution in [2.75, 3.05) is 51.8 Å². The summed E-state index contributed by atoms with van der Waals surface area (Å²) in [5.41, 5.74) is 2.30. The first kappa shape index (κ1) is 24.6. The number of hydrogen-bond acceptors (Lipinski definition) is 9. The Hall–Kier alpha value is -3.12. The van der Waals surface area contributed by atoms with Gasteiger partial charge >= 0.3 is 0 Å². The largest absolute Gasteiger partial charge is 0.481 e. The maximum absolute atomic E-state index is 14.6. The first-order valence-corrected chi connectivity index (χ1v) is 12.0. The molecule has 5 rings (SSSR count). The SMILES string of the molecule is COc1ccc2ncc(F)c(CCN3CCO[C@@H](CNCc4nc5c(cc4Cl)OCC(=O)N5)C3)c2n1. The molecular formula is C24H26ClFN6O4. The van der Waals surface area contributed by atoms with Gasteiger partial charge in [0, 0.05) is 50.4 Å². The minimum absolute atomic E-state index is 0.0459. The second kappa shape index (κ2) is 10.9. The second-order valence-corrected chi connectivity index (χ2v) is 8.99. The zero-order chi connectivity index (χ0) is 25.1.